The zero-order chi connectivity index (χ0) is 22.9. The van der Waals surface area contributed by atoms with Crippen LogP contribution in [0.3, 0.4) is 0 Å². The fourth-order valence-electron chi connectivity index (χ4n) is 6.09. The lowest BCUT2D eigenvalue weighted by Crippen LogP contribution is -2.46. The number of nitrogens with zero attached hydrogens (tertiary/aromatic N) is 5. The third-order valence-corrected chi connectivity index (χ3v) is 7.93. The number of rotatable bonds is 6. The first-order chi connectivity index (χ1) is 16.8. The molecule has 1 N–H and O–H groups in total. The van der Waals surface area contributed by atoms with E-state index < -0.39 is 0 Å². The molecule has 4 atom stereocenters. The molecule has 182 valence electrons. The van der Waals surface area contributed by atoms with Crippen LogP contribution >= 0.6 is 0 Å². The van der Waals surface area contributed by atoms with Gasteiger partial charge in [-0.15, -0.1) is 5.10 Å². The summed E-state index contributed by atoms with van der Waals surface area (Å²) in [6.45, 7) is 4.22. The van der Waals surface area contributed by atoms with Gasteiger partial charge in [-0.25, -0.2) is 4.68 Å². The van der Waals surface area contributed by atoms with Crippen molar-refractivity contribution in [2.75, 3.05) is 26.3 Å². The van der Waals surface area contributed by atoms with Gasteiger partial charge in [0.25, 0.3) is 0 Å². The van der Waals surface area contributed by atoms with Crippen LogP contribution in [0.5, 0.6) is 0 Å². The van der Waals surface area contributed by atoms with Gasteiger partial charge in [-0.2, -0.15) is 0 Å². The highest BCUT2D eigenvalue weighted by atomic mass is 16.6. The predicted molar refractivity (Wildman–Crippen MR) is 125 cm³/mol. The van der Waals surface area contributed by atoms with Gasteiger partial charge in [0.2, 0.25) is 5.91 Å². The maximum absolute atomic E-state index is 12.8. The Labute approximate surface area is 200 Å². The van der Waals surface area contributed by atoms with E-state index in [1.54, 1.807) is 0 Å². The van der Waals surface area contributed by atoms with E-state index in [9.17, 15) is 4.79 Å². The van der Waals surface area contributed by atoms with Gasteiger partial charge in [0.1, 0.15) is 18.2 Å². The summed E-state index contributed by atoms with van der Waals surface area (Å²) in [5.41, 5.74) is 2.28. The minimum Gasteiger partial charge on any atom is -0.371 e. The summed E-state index contributed by atoms with van der Waals surface area (Å²) in [4.78, 5) is 15.3. The zero-order valence-electron chi connectivity index (χ0n) is 19.6. The molecule has 4 fully saturated rings. The van der Waals surface area contributed by atoms with Crippen molar-refractivity contribution in [3.63, 3.8) is 0 Å². The van der Waals surface area contributed by atoms with Crippen molar-refractivity contribution >= 4 is 5.91 Å². The summed E-state index contributed by atoms with van der Waals surface area (Å²) in [6.07, 6.45) is 7.72. The smallest absolute Gasteiger partial charge is 0.223 e. The van der Waals surface area contributed by atoms with Crippen LogP contribution in [0.2, 0.25) is 0 Å². The molecule has 1 aromatic carbocycles. The number of fused-ring (bicyclic) bond motifs is 1. The Balaban J connectivity index is 1.15. The summed E-state index contributed by atoms with van der Waals surface area (Å²) in [6, 6.07) is 8.27. The van der Waals surface area contributed by atoms with E-state index in [2.05, 4.69) is 50.0 Å². The summed E-state index contributed by atoms with van der Waals surface area (Å²) >= 11 is 0. The highest BCUT2D eigenvalue weighted by Gasteiger charge is 2.50. The lowest BCUT2D eigenvalue weighted by atomic mass is 9.88. The molecule has 9 heteroatoms. The van der Waals surface area contributed by atoms with E-state index in [-0.39, 0.29) is 36.1 Å². The molecular formula is C25H34N6O3. The van der Waals surface area contributed by atoms with Crippen LogP contribution in [0.25, 0.3) is 11.4 Å². The molecule has 0 bridgehead atoms. The van der Waals surface area contributed by atoms with Crippen LogP contribution in [0, 0.1) is 5.92 Å². The van der Waals surface area contributed by atoms with E-state index in [0.717, 1.165) is 43.6 Å². The number of carbonyl (C=O) groups excluding carboxylic acids is 1. The molecule has 1 aliphatic carbocycles. The minimum atomic E-state index is -0.174. The molecule has 1 aromatic heterocycles. The van der Waals surface area contributed by atoms with Gasteiger partial charge in [0, 0.05) is 18.0 Å². The maximum atomic E-state index is 12.8. The Morgan fingerprint density at radius 1 is 1.03 bits per heavy atom. The second kappa shape index (κ2) is 9.71. The second-order valence-corrected chi connectivity index (χ2v) is 10.2. The standard InChI is InChI=1S/C25H34N6O3/c32-25(18-8-2-1-3-9-18)26-20-15-33-23-21(16-34-22(20)23)31-24(27-28-29-31)19-10-6-7-17(13-19)14-30-11-4-5-12-30/h6-7,10,13,18,20-23H,1-5,8-9,11-12,14-16H2,(H,26,32)/t20-,21-,22+,23+/m0/s1. The summed E-state index contributed by atoms with van der Waals surface area (Å²) in [5, 5.41) is 15.9. The van der Waals surface area contributed by atoms with Gasteiger partial charge >= 0.3 is 0 Å². The average Bonchev–Trinajstić information content (AvgIpc) is 3.66. The van der Waals surface area contributed by atoms with E-state index in [4.69, 9.17) is 9.47 Å². The van der Waals surface area contributed by atoms with Gasteiger partial charge < -0.3 is 14.8 Å². The summed E-state index contributed by atoms with van der Waals surface area (Å²) in [5.74, 6) is 1.01. The maximum Gasteiger partial charge on any atom is 0.223 e. The van der Waals surface area contributed by atoms with E-state index >= 15 is 0 Å². The van der Waals surface area contributed by atoms with Gasteiger partial charge in [0.15, 0.2) is 5.82 Å². The third kappa shape index (κ3) is 4.36. The van der Waals surface area contributed by atoms with Crippen molar-refractivity contribution in [3.8, 4) is 11.4 Å². The molecule has 2 aromatic rings. The minimum absolute atomic E-state index is 0.117. The van der Waals surface area contributed by atoms with Crippen molar-refractivity contribution in [2.45, 2.75) is 75.8 Å². The molecule has 1 saturated carbocycles. The Morgan fingerprint density at radius 2 is 1.85 bits per heavy atom. The first kappa shape index (κ1) is 22.1. The molecule has 0 radical (unpaired) electrons. The molecular weight excluding hydrogens is 432 g/mol. The number of likely N-dealkylation sites (tertiary alicyclic amines) is 1. The number of amides is 1. The number of nitrogens with one attached hydrogen (secondary N) is 1. The first-order valence-electron chi connectivity index (χ1n) is 12.9. The van der Waals surface area contributed by atoms with Gasteiger partial charge in [-0.05, 0) is 60.8 Å². The van der Waals surface area contributed by atoms with Crippen molar-refractivity contribution < 1.29 is 14.3 Å². The highest BCUT2D eigenvalue weighted by molar-refractivity contribution is 5.79. The van der Waals surface area contributed by atoms with Gasteiger partial charge in [0.05, 0.1) is 19.3 Å². The molecule has 3 saturated heterocycles. The third-order valence-electron chi connectivity index (χ3n) is 7.93. The topological polar surface area (TPSA) is 94.4 Å². The van der Waals surface area contributed by atoms with Gasteiger partial charge in [-0.3, -0.25) is 9.69 Å². The van der Waals surface area contributed by atoms with Crippen LogP contribution in [0.4, 0.5) is 0 Å². The molecule has 9 nitrogen and oxygen atoms in total. The molecule has 4 aliphatic rings. The molecule has 34 heavy (non-hydrogen) atoms. The van der Waals surface area contributed by atoms with E-state index in [1.807, 2.05) is 4.68 Å². The molecule has 0 unspecified atom stereocenters. The van der Waals surface area contributed by atoms with E-state index in [0.29, 0.717) is 13.2 Å². The SMILES string of the molecule is O=C(N[C@H]1CO[C@H]2[C@@H]1OC[C@@H]2n1nnnc1-c1cccc(CN2CCCC2)c1)C1CCCCC1. The normalized spacial score (nSPS) is 30.0. The van der Waals surface area contributed by atoms with Crippen molar-refractivity contribution in [2.24, 2.45) is 5.92 Å². The number of carbonyl (C=O) groups is 1. The molecule has 3 aliphatic heterocycles. The summed E-state index contributed by atoms with van der Waals surface area (Å²) in [7, 11) is 0. The lowest BCUT2D eigenvalue weighted by molar-refractivity contribution is -0.127. The number of tetrazole rings is 1. The fraction of sp³-hybridized carbons (Fsp3) is 0.680. The Morgan fingerprint density at radius 3 is 2.71 bits per heavy atom. The average molecular weight is 467 g/mol. The number of aromatic nitrogens is 4. The zero-order valence-corrected chi connectivity index (χ0v) is 19.6. The Kier molecular flexibility index (Phi) is 6.32. The van der Waals surface area contributed by atoms with Crippen LogP contribution in [-0.4, -0.2) is 75.6 Å². The number of benzene rings is 1. The lowest BCUT2D eigenvalue weighted by Gasteiger charge is -2.24. The molecule has 0 spiro atoms. The molecule has 6 rings (SSSR count). The first-order valence-corrected chi connectivity index (χ1v) is 12.9. The van der Waals surface area contributed by atoms with E-state index in [1.165, 1.54) is 37.9 Å². The quantitative estimate of drug-likeness (QED) is 0.698. The molecule has 1 amide bonds. The van der Waals surface area contributed by atoms with Crippen LogP contribution < -0.4 is 5.32 Å². The molecule has 4 heterocycles. The number of hydrogen-bond donors (Lipinski definition) is 1. The monoisotopic (exact) mass is 466 g/mol. The number of hydrogen-bond acceptors (Lipinski definition) is 7. The fourth-order valence-corrected chi connectivity index (χ4v) is 6.09. The number of ether oxygens (including phenoxy) is 2. The van der Waals surface area contributed by atoms with Crippen LogP contribution in [0.15, 0.2) is 24.3 Å². The van der Waals surface area contributed by atoms with Crippen LogP contribution in [0.1, 0.15) is 56.6 Å². The van der Waals surface area contributed by atoms with Crippen molar-refractivity contribution in [1.29, 1.82) is 0 Å². The largest absolute Gasteiger partial charge is 0.371 e. The van der Waals surface area contributed by atoms with Gasteiger partial charge in [-0.1, -0.05) is 37.5 Å². The Bertz CT molecular complexity index is 1000. The highest BCUT2D eigenvalue weighted by Crippen LogP contribution is 2.36. The predicted octanol–water partition coefficient (Wildman–Crippen LogP) is 2.34. The van der Waals surface area contributed by atoms with Crippen LogP contribution in [-0.2, 0) is 20.8 Å². The van der Waals surface area contributed by atoms with Crippen molar-refractivity contribution in [1.82, 2.24) is 30.4 Å². The Hall–Kier alpha value is -2.36. The second-order valence-electron chi connectivity index (χ2n) is 10.2. The summed E-state index contributed by atoms with van der Waals surface area (Å²) < 4.78 is 14.2. The van der Waals surface area contributed by atoms with Crippen molar-refractivity contribution in [3.05, 3.63) is 29.8 Å².